The summed E-state index contributed by atoms with van der Waals surface area (Å²) < 4.78 is 26.0. The molecule has 0 aliphatic heterocycles. The molecule has 0 aliphatic carbocycles. The number of hydrogen-bond donors (Lipinski definition) is 3. The Balaban J connectivity index is 2.08. The Labute approximate surface area is 114 Å². The van der Waals surface area contributed by atoms with Crippen LogP contribution in [0.2, 0.25) is 0 Å². The van der Waals surface area contributed by atoms with Crippen molar-refractivity contribution in [3.05, 3.63) is 54.1 Å². The maximum Gasteiger partial charge on any atom is 0.323 e. The van der Waals surface area contributed by atoms with E-state index < -0.39 is 17.7 Å². The van der Waals surface area contributed by atoms with Crippen LogP contribution in [0.3, 0.4) is 0 Å². The Morgan fingerprint density at radius 3 is 2.37 bits per heavy atom. The Bertz CT molecular complexity index is 619. The topological polar surface area (TPSA) is 41.1 Å². The lowest BCUT2D eigenvalue weighted by atomic mass is 10.3. The Morgan fingerprint density at radius 1 is 1.00 bits per heavy atom. The fourth-order valence-electron chi connectivity index (χ4n) is 1.45. The number of halogens is 2. The van der Waals surface area contributed by atoms with Crippen LogP contribution >= 0.6 is 12.6 Å². The average molecular weight is 280 g/mol. The predicted octanol–water partition coefficient (Wildman–Crippen LogP) is 3.90. The number of hydrogen-bond acceptors (Lipinski definition) is 2. The summed E-state index contributed by atoms with van der Waals surface area (Å²) in [6.07, 6.45) is 0. The molecule has 19 heavy (non-hydrogen) atoms. The third kappa shape index (κ3) is 3.45. The second kappa shape index (κ2) is 5.71. The Kier molecular flexibility index (Phi) is 4.01. The van der Waals surface area contributed by atoms with Crippen LogP contribution in [0.5, 0.6) is 0 Å². The molecule has 0 atom stereocenters. The van der Waals surface area contributed by atoms with Crippen molar-refractivity contribution in [3.63, 3.8) is 0 Å². The summed E-state index contributed by atoms with van der Waals surface area (Å²) in [6.45, 7) is 0. The number of benzene rings is 2. The first kappa shape index (κ1) is 13.4. The van der Waals surface area contributed by atoms with Crippen molar-refractivity contribution in [2.75, 3.05) is 10.6 Å². The van der Waals surface area contributed by atoms with Gasteiger partial charge in [0.2, 0.25) is 0 Å². The minimum absolute atomic E-state index is 0.101. The summed E-state index contributed by atoms with van der Waals surface area (Å²) in [6, 6.07) is 9.13. The summed E-state index contributed by atoms with van der Waals surface area (Å²) in [4.78, 5) is 12.2. The van der Waals surface area contributed by atoms with E-state index in [9.17, 15) is 13.6 Å². The zero-order valence-corrected chi connectivity index (χ0v) is 10.5. The van der Waals surface area contributed by atoms with Crippen molar-refractivity contribution in [3.8, 4) is 0 Å². The van der Waals surface area contributed by atoms with Crippen LogP contribution in [0, 0.1) is 11.6 Å². The molecule has 0 radical (unpaired) electrons. The molecule has 2 aromatic rings. The van der Waals surface area contributed by atoms with E-state index >= 15 is 0 Å². The van der Waals surface area contributed by atoms with E-state index in [4.69, 9.17) is 0 Å². The molecule has 0 saturated carbocycles. The number of para-hydroxylation sites is 1. The van der Waals surface area contributed by atoms with Crippen molar-refractivity contribution in [2.24, 2.45) is 0 Å². The van der Waals surface area contributed by atoms with Crippen molar-refractivity contribution in [1.82, 2.24) is 0 Å². The van der Waals surface area contributed by atoms with E-state index in [1.807, 2.05) is 0 Å². The highest BCUT2D eigenvalue weighted by Gasteiger charge is 2.08. The molecule has 2 aromatic carbocycles. The summed E-state index contributed by atoms with van der Waals surface area (Å²) in [7, 11) is 0. The summed E-state index contributed by atoms with van der Waals surface area (Å²) in [5.41, 5.74) is 0.390. The zero-order valence-electron chi connectivity index (χ0n) is 9.65. The Hall–Kier alpha value is -2.08. The molecule has 0 heterocycles. The first-order valence-corrected chi connectivity index (χ1v) is 5.82. The van der Waals surface area contributed by atoms with Gasteiger partial charge >= 0.3 is 6.03 Å². The van der Waals surface area contributed by atoms with Gasteiger partial charge in [-0.2, -0.15) is 0 Å². The monoisotopic (exact) mass is 280 g/mol. The third-order valence-corrected chi connectivity index (χ3v) is 2.72. The molecular weight excluding hydrogens is 270 g/mol. The van der Waals surface area contributed by atoms with Gasteiger partial charge in [-0.3, -0.25) is 0 Å². The number of thiol groups is 1. The minimum atomic E-state index is -0.839. The number of rotatable bonds is 2. The van der Waals surface area contributed by atoms with Crippen molar-refractivity contribution >= 4 is 30.0 Å². The van der Waals surface area contributed by atoms with Crippen LogP contribution < -0.4 is 10.6 Å². The number of anilines is 2. The number of urea groups is 1. The molecule has 0 aromatic heterocycles. The second-order valence-corrected chi connectivity index (χ2v) is 4.20. The average Bonchev–Trinajstić information content (AvgIpc) is 2.36. The van der Waals surface area contributed by atoms with Gasteiger partial charge in [-0.05, 0) is 24.3 Å². The second-order valence-electron chi connectivity index (χ2n) is 3.72. The van der Waals surface area contributed by atoms with Gasteiger partial charge in [-0.25, -0.2) is 13.6 Å². The predicted molar refractivity (Wildman–Crippen MR) is 72.7 cm³/mol. The molecule has 0 bridgehead atoms. The van der Waals surface area contributed by atoms with Crippen LogP contribution in [0.4, 0.5) is 25.0 Å². The van der Waals surface area contributed by atoms with Crippen LogP contribution in [0.1, 0.15) is 0 Å². The largest absolute Gasteiger partial charge is 0.323 e. The summed E-state index contributed by atoms with van der Waals surface area (Å²) >= 11 is 4.17. The van der Waals surface area contributed by atoms with Gasteiger partial charge in [0.1, 0.15) is 11.6 Å². The number of nitrogens with one attached hydrogen (secondary N) is 2. The van der Waals surface area contributed by atoms with E-state index in [1.54, 1.807) is 24.3 Å². The number of carbonyl (C=O) groups excluding carboxylic acids is 1. The first-order chi connectivity index (χ1) is 9.06. The van der Waals surface area contributed by atoms with Crippen LogP contribution in [0.15, 0.2) is 47.4 Å². The van der Waals surface area contributed by atoms with E-state index in [0.717, 1.165) is 12.1 Å². The van der Waals surface area contributed by atoms with Crippen LogP contribution in [-0.4, -0.2) is 6.03 Å². The fourth-order valence-corrected chi connectivity index (χ4v) is 1.66. The summed E-state index contributed by atoms with van der Waals surface area (Å²) in [5, 5.41) is 4.80. The van der Waals surface area contributed by atoms with Gasteiger partial charge in [0.25, 0.3) is 0 Å². The Morgan fingerprint density at radius 2 is 1.68 bits per heavy atom. The molecule has 2 rings (SSSR count). The number of carbonyl (C=O) groups is 1. The SMILES string of the molecule is O=C(Nc1ccc(F)cc1F)Nc1ccccc1S. The molecule has 98 valence electrons. The zero-order chi connectivity index (χ0) is 13.8. The molecule has 3 nitrogen and oxygen atoms in total. The molecule has 0 spiro atoms. The molecular formula is C13H10F2N2OS. The van der Waals surface area contributed by atoms with E-state index in [0.29, 0.717) is 16.6 Å². The van der Waals surface area contributed by atoms with Gasteiger partial charge in [-0.1, -0.05) is 12.1 Å². The first-order valence-electron chi connectivity index (χ1n) is 5.37. The molecule has 0 fully saturated rings. The molecule has 0 saturated heterocycles. The molecule has 0 aliphatic rings. The molecule has 2 N–H and O–H groups in total. The van der Waals surface area contributed by atoms with Crippen molar-refractivity contribution < 1.29 is 13.6 Å². The number of amides is 2. The highest BCUT2D eigenvalue weighted by molar-refractivity contribution is 7.80. The normalized spacial score (nSPS) is 10.1. The smallest absolute Gasteiger partial charge is 0.307 e. The van der Waals surface area contributed by atoms with Crippen LogP contribution in [-0.2, 0) is 0 Å². The maximum atomic E-state index is 13.3. The maximum absolute atomic E-state index is 13.3. The van der Waals surface area contributed by atoms with Gasteiger partial charge in [-0.15, -0.1) is 12.6 Å². The van der Waals surface area contributed by atoms with E-state index in [-0.39, 0.29) is 5.69 Å². The summed E-state index contributed by atoms with van der Waals surface area (Å²) in [5.74, 6) is -1.54. The molecule has 2 amide bonds. The van der Waals surface area contributed by atoms with Gasteiger partial charge < -0.3 is 10.6 Å². The van der Waals surface area contributed by atoms with Gasteiger partial charge in [0.05, 0.1) is 11.4 Å². The van der Waals surface area contributed by atoms with Crippen LogP contribution in [0.25, 0.3) is 0 Å². The van der Waals surface area contributed by atoms with Crippen molar-refractivity contribution in [2.45, 2.75) is 4.90 Å². The highest BCUT2D eigenvalue weighted by atomic mass is 32.1. The fraction of sp³-hybridized carbons (Fsp3) is 0. The quantitative estimate of drug-likeness (QED) is 0.717. The minimum Gasteiger partial charge on any atom is -0.307 e. The van der Waals surface area contributed by atoms with Crippen molar-refractivity contribution in [1.29, 1.82) is 0 Å². The lowest BCUT2D eigenvalue weighted by Gasteiger charge is -2.09. The lowest BCUT2D eigenvalue weighted by molar-refractivity contribution is 0.262. The highest BCUT2D eigenvalue weighted by Crippen LogP contribution is 2.19. The van der Waals surface area contributed by atoms with E-state index in [2.05, 4.69) is 23.3 Å². The third-order valence-electron chi connectivity index (χ3n) is 2.33. The lowest BCUT2D eigenvalue weighted by Crippen LogP contribution is -2.20. The standard InChI is InChI=1S/C13H10F2N2OS/c14-8-5-6-10(9(15)7-8)16-13(18)17-11-3-1-2-4-12(11)19/h1-7,19H,(H2,16,17,18). The van der Waals surface area contributed by atoms with Gasteiger partial charge in [0.15, 0.2) is 0 Å². The molecule has 6 heteroatoms. The molecule has 0 unspecified atom stereocenters. The van der Waals surface area contributed by atoms with Gasteiger partial charge in [0, 0.05) is 11.0 Å². The van der Waals surface area contributed by atoms with E-state index in [1.165, 1.54) is 0 Å².